The molecule has 2 heterocycles. The van der Waals surface area contributed by atoms with Gasteiger partial charge in [0.05, 0.1) is 12.2 Å². The van der Waals surface area contributed by atoms with Crippen molar-refractivity contribution in [2.24, 2.45) is 0 Å². The van der Waals surface area contributed by atoms with Gasteiger partial charge in [-0.15, -0.1) is 0 Å². The topological polar surface area (TPSA) is 46.4 Å². The van der Waals surface area contributed by atoms with E-state index < -0.39 is 0 Å². The molecular formula is C21H18FN3OS. The first-order valence-corrected chi connectivity index (χ1v) is 9.41. The van der Waals surface area contributed by atoms with Gasteiger partial charge in [-0.25, -0.2) is 9.37 Å². The van der Waals surface area contributed by atoms with Crippen LogP contribution in [0.3, 0.4) is 0 Å². The number of aryl methyl sites for hydroxylation is 2. The number of amides is 1. The van der Waals surface area contributed by atoms with Gasteiger partial charge in [0.1, 0.15) is 5.82 Å². The standard InChI is InChI=1S/C21H18FN3OS/c1-13-5-3-4-6-17(13)20(26)23-11-19-14(2)25-12-18(24-21(25)27-19)15-7-9-16(22)10-8-15/h3-10,12H,11H2,1-2H3,(H,23,26). The van der Waals surface area contributed by atoms with Crippen LogP contribution in [0.2, 0.25) is 0 Å². The van der Waals surface area contributed by atoms with Crippen LogP contribution in [0.1, 0.15) is 26.5 Å². The summed E-state index contributed by atoms with van der Waals surface area (Å²) in [5, 5.41) is 2.99. The van der Waals surface area contributed by atoms with E-state index >= 15 is 0 Å². The second-order valence-corrected chi connectivity index (χ2v) is 7.46. The van der Waals surface area contributed by atoms with Crippen LogP contribution in [0.25, 0.3) is 16.2 Å². The van der Waals surface area contributed by atoms with Crippen LogP contribution in [-0.2, 0) is 6.54 Å². The van der Waals surface area contributed by atoms with Gasteiger partial charge in [-0.2, -0.15) is 0 Å². The molecule has 0 unspecified atom stereocenters. The van der Waals surface area contributed by atoms with Crippen LogP contribution in [-0.4, -0.2) is 15.3 Å². The van der Waals surface area contributed by atoms with Gasteiger partial charge in [0.15, 0.2) is 4.96 Å². The van der Waals surface area contributed by atoms with E-state index in [-0.39, 0.29) is 11.7 Å². The SMILES string of the molecule is Cc1ccccc1C(=O)NCc1sc2nc(-c3ccc(F)cc3)cn2c1C. The number of hydrogen-bond donors (Lipinski definition) is 1. The summed E-state index contributed by atoms with van der Waals surface area (Å²) < 4.78 is 15.1. The first-order valence-electron chi connectivity index (χ1n) is 8.60. The highest BCUT2D eigenvalue weighted by Gasteiger charge is 2.14. The summed E-state index contributed by atoms with van der Waals surface area (Å²) in [6.45, 7) is 4.39. The van der Waals surface area contributed by atoms with Crippen LogP contribution < -0.4 is 5.32 Å². The Hall–Kier alpha value is -2.99. The second-order valence-electron chi connectivity index (χ2n) is 6.39. The average molecular weight is 379 g/mol. The lowest BCUT2D eigenvalue weighted by molar-refractivity contribution is 0.0950. The number of thiazole rings is 1. The summed E-state index contributed by atoms with van der Waals surface area (Å²) in [6, 6.07) is 13.8. The Morgan fingerprint density at radius 3 is 2.59 bits per heavy atom. The number of hydrogen-bond acceptors (Lipinski definition) is 3. The quantitative estimate of drug-likeness (QED) is 0.556. The molecule has 0 fully saturated rings. The fraction of sp³-hybridized carbons (Fsp3) is 0.143. The number of aromatic nitrogens is 2. The Labute approximate surface area is 160 Å². The Bertz CT molecular complexity index is 1130. The van der Waals surface area contributed by atoms with Gasteiger partial charge < -0.3 is 5.32 Å². The summed E-state index contributed by atoms with van der Waals surface area (Å²) in [4.78, 5) is 19.0. The maximum Gasteiger partial charge on any atom is 0.251 e. The highest BCUT2D eigenvalue weighted by atomic mass is 32.1. The van der Waals surface area contributed by atoms with Crippen LogP contribution in [0.5, 0.6) is 0 Å². The summed E-state index contributed by atoms with van der Waals surface area (Å²) in [7, 11) is 0. The third-order valence-corrected chi connectivity index (χ3v) is 5.75. The van der Waals surface area contributed by atoms with Crippen molar-refractivity contribution in [1.29, 1.82) is 0 Å². The maximum absolute atomic E-state index is 13.1. The monoisotopic (exact) mass is 379 g/mol. The third kappa shape index (κ3) is 3.36. The number of rotatable bonds is 4. The number of carbonyl (C=O) groups excluding carboxylic acids is 1. The van der Waals surface area contributed by atoms with Crippen molar-refractivity contribution in [2.75, 3.05) is 0 Å². The van der Waals surface area contributed by atoms with E-state index in [0.717, 1.165) is 32.4 Å². The van der Waals surface area contributed by atoms with Crippen molar-refractivity contribution < 1.29 is 9.18 Å². The molecule has 0 aliphatic carbocycles. The van der Waals surface area contributed by atoms with E-state index in [0.29, 0.717) is 12.1 Å². The van der Waals surface area contributed by atoms with E-state index in [4.69, 9.17) is 0 Å². The van der Waals surface area contributed by atoms with Gasteiger partial charge in [-0.3, -0.25) is 9.20 Å². The van der Waals surface area contributed by atoms with Crippen LogP contribution >= 0.6 is 11.3 Å². The predicted molar refractivity (Wildman–Crippen MR) is 106 cm³/mol. The number of halogens is 1. The summed E-state index contributed by atoms with van der Waals surface area (Å²) in [5.74, 6) is -0.340. The zero-order chi connectivity index (χ0) is 19.0. The zero-order valence-corrected chi connectivity index (χ0v) is 15.8. The van der Waals surface area contributed by atoms with E-state index in [1.165, 1.54) is 12.1 Å². The predicted octanol–water partition coefficient (Wildman–Crippen LogP) is 4.75. The molecule has 6 heteroatoms. The first-order chi connectivity index (χ1) is 13.0. The molecular weight excluding hydrogens is 361 g/mol. The molecule has 0 saturated carbocycles. The number of imidazole rings is 1. The highest BCUT2D eigenvalue weighted by molar-refractivity contribution is 7.17. The lowest BCUT2D eigenvalue weighted by Crippen LogP contribution is -2.23. The Morgan fingerprint density at radius 2 is 1.89 bits per heavy atom. The van der Waals surface area contributed by atoms with Crippen molar-refractivity contribution in [3.63, 3.8) is 0 Å². The lowest BCUT2D eigenvalue weighted by Gasteiger charge is -2.07. The van der Waals surface area contributed by atoms with Crippen LogP contribution in [0, 0.1) is 19.7 Å². The molecule has 0 aliphatic heterocycles. The molecule has 2 aromatic heterocycles. The summed E-state index contributed by atoms with van der Waals surface area (Å²) >= 11 is 1.55. The molecule has 0 atom stereocenters. The molecule has 4 nitrogen and oxygen atoms in total. The minimum atomic E-state index is -0.261. The largest absolute Gasteiger partial charge is 0.347 e. The zero-order valence-electron chi connectivity index (χ0n) is 15.0. The van der Waals surface area contributed by atoms with Crippen LogP contribution in [0.15, 0.2) is 54.7 Å². The molecule has 4 rings (SSSR count). The van der Waals surface area contributed by atoms with Crippen molar-refractivity contribution in [3.8, 4) is 11.3 Å². The third-order valence-electron chi connectivity index (χ3n) is 4.59. The van der Waals surface area contributed by atoms with Gasteiger partial charge in [-0.05, 0) is 49.7 Å². The van der Waals surface area contributed by atoms with Gasteiger partial charge in [0, 0.05) is 27.9 Å². The molecule has 27 heavy (non-hydrogen) atoms. The van der Waals surface area contributed by atoms with Gasteiger partial charge in [0.25, 0.3) is 5.91 Å². The van der Waals surface area contributed by atoms with Crippen LogP contribution in [0.4, 0.5) is 4.39 Å². The fourth-order valence-electron chi connectivity index (χ4n) is 3.00. The summed E-state index contributed by atoms with van der Waals surface area (Å²) in [5.41, 5.74) is 4.37. The number of nitrogens with one attached hydrogen (secondary N) is 1. The molecule has 0 bridgehead atoms. The fourth-order valence-corrected chi connectivity index (χ4v) is 4.04. The minimum Gasteiger partial charge on any atom is -0.347 e. The van der Waals surface area contributed by atoms with E-state index in [1.807, 2.05) is 48.7 Å². The maximum atomic E-state index is 13.1. The first kappa shape index (κ1) is 17.4. The molecule has 0 saturated heterocycles. The van der Waals surface area contributed by atoms with E-state index in [1.54, 1.807) is 23.5 Å². The normalized spacial score (nSPS) is 11.1. The molecule has 1 N–H and O–H groups in total. The number of carbonyl (C=O) groups is 1. The van der Waals surface area contributed by atoms with E-state index in [9.17, 15) is 9.18 Å². The summed E-state index contributed by atoms with van der Waals surface area (Å²) in [6.07, 6.45) is 1.95. The van der Waals surface area contributed by atoms with Gasteiger partial charge in [0.2, 0.25) is 0 Å². The molecule has 2 aromatic carbocycles. The Kier molecular flexibility index (Phi) is 4.49. The van der Waals surface area contributed by atoms with E-state index in [2.05, 4.69) is 10.3 Å². The smallest absolute Gasteiger partial charge is 0.251 e. The Morgan fingerprint density at radius 1 is 1.15 bits per heavy atom. The van der Waals surface area contributed by atoms with Gasteiger partial charge in [-0.1, -0.05) is 29.5 Å². The van der Waals surface area contributed by atoms with Crippen molar-refractivity contribution in [3.05, 3.63) is 82.2 Å². The molecule has 136 valence electrons. The lowest BCUT2D eigenvalue weighted by atomic mass is 10.1. The van der Waals surface area contributed by atoms with Gasteiger partial charge >= 0.3 is 0 Å². The molecule has 4 aromatic rings. The van der Waals surface area contributed by atoms with Crippen molar-refractivity contribution in [1.82, 2.24) is 14.7 Å². The minimum absolute atomic E-state index is 0.0782. The Balaban J connectivity index is 1.54. The second kappa shape index (κ2) is 6.96. The number of benzene rings is 2. The molecule has 1 amide bonds. The molecule has 0 radical (unpaired) electrons. The molecule has 0 spiro atoms. The number of fused-ring (bicyclic) bond motifs is 1. The van der Waals surface area contributed by atoms with Crippen molar-refractivity contribution >= 4 is 22.2 Å². The molecule has 0 aliphatic rings. The van der Waals surface area contributed by atoms with Crippen molar-refractivity contribution in [2.45, 2.75) is 20.4 Å². The average Bonchev–Trinajstić information content (AvgIpc) is 3.20. The highest BCUT2D eigenvalue weighted by Crippen LogP contribution is 2.27. The number of nitrogens with zero attached hydrogens (tertiary/aromatic N) is 2.